The topological polar surface area (TPSA) is 55.6 Å². The second kappa shape index (κ2) is 7.32. The average molecular weight is 217 g/mol. The van der Waals surface area contributed by atoms with Crippen LogP contribution in [0.3, 0.4) is 0 Å². The third-order valence-corrected chi connectivity index (χ3v) is 1.54. The first-order valence-corrected chi connectivity index (χ1v) is 3.95. The molecule has 0 fully saturated rings. The number of hydrogen-bond acceptors (Lipinski definition) is 3. The number of carbonyl (C=O) groups excluding carboxylic acids is 1. The maximum atomic E-state index is 10.3. The summed E-state index contributed by atoms with van der Waals surface area (Å²) in [5.74, 6) is 0. The zero-order valence-corrected chi connectivity index (χ0v) is 8.44. The van der Waals surface area contributed by atoms with Gasteiger partial charge in [-0.3, -0.25) is 9.63 Å². The molecule has 0 saturated heterocycles. The van der Waals surface area contributed by atoms with Gasteiger partial charge in [-0.25, -0.2) is 5.06 Å². The summed E-state index contributed by atoms with van der Waals surface area (Å²) in [4.78, 5) is 15.3. The van der Waals surface area contributed by atoms with Crippen molar-refractivity contribution in [3.05, 3.63) is 35.9 Å². The second-order valence-electron chi connectivity index (χ2n) is 2.46. The van der Waals surface area contributed by atoms with Crippen molar-refractivity contribution in [2.24, 2.45) is 5.73 Å². The van der Waals surface area contributed by atoms with Crippen molar-refractivity contribution in [1.82, 2.24) is 5.06 Å². The molecule has 0 radical (unpaired) electrons. The van der Waals surface area contributed by atoms with Gasteiger partial charge in [0.05, 0.1) is 6.67 Å². The summed E-state index contributed by atoms with van der Waals surface area (Å²) >= 11 is 0. The zero-order valence-electron chi connectivity index (χ0n) is 7.63. The van der Waals surface area contributed by atoms with E-state index in [4.69, 9.17) is 10.6 Å². The number of nitrogens with zero attached hydrogens (tertiary/aromatic N) is 1. The van der Waals surface area contributed by atoms with Gasteiger partial charge in [-0.1, -0.05) is 30.3 Å². The van der Waals surface area contributed by atoms with Gasteiger partial charge in [0.25, 0.3) is 0 Å². The van der Waals surface area contributed by atoms with Gasteiger partial charge in [0.2, 0.25) is 6.41 Å². The summed E-state index contributed by atoms with van der Waals surface area (Å²) in [6.07, 6.45) is 0.558. The van der Waals surface area contributed by atoms with Gasteiger partial charge in [-0.05, 0) is 5.56 Å². The van der Waals surface area contributed by atoms with E-state index in [0.717, 1.165) is 10.6 Å². The Balaban J connectivity index is 0.00000169. The van der Waals surface area contributed by atoms with Crippen LogP contribution in [0.25, 0.3) is 0 Å². The first-order chi connectivity index (χ1) is 6.36. The Morgan fingerprint density at radius 3 is 2.50 bits per heavy atom. The molecule has 0 spiro atoms. The van der Waals surface area contributed by atoms with Crippen LogP contribution in [-0.4, -0.2) is 18.1 Å². The van der Waals surface area contributed by atoms with Gasteiger partial charge >= 0.3 is 0 Å². The molecule has 2 N–H and O–H groups in total. The highest BCUT2D eigenvalue weighted by atomic mass is 35.5. The molecular weight excluding hydrogens is 204 g/mol. The van der Waals surface area contributed by atoms with Crippen molar-refractivity contribution < 1.29 is 9.63 Å². The molecular formula is C9H13ClN2O2. The second-order valence-corrected chi connectivity index (χ2v) is 2.46. The monoisotopic (exact) mass is 216 g/mol. The molecule has 0 aliphatic heterocycles. The van der Waals surface area contributed by atoms with Crippen LogP contribution in [0.4, 0.5) is 0 Å². The largest absolute Gasteiger partial charge is 0.312 e. The molecule has 0 aliphatic carbocycles. The van der Waals surface area contributed by atoms with E-state index in [9.17, 15) is 4.79 Å². The predicted molar refractivity (Wildman–Crippen MR) is 55.4 cm³/mol. The Hall–Kier alpha value is -1.10. The number of benzene rings is 1. The van der Waals surface area contributed by atoms with E-state index in [0.29, 0.717) is 13.0 Å². The van der Waals surface area contributed by atoms with Crippen LogP contribution in [0.2, 0.25) is 0 Å². The molecule has 5 heteroatoms. The molecule has 1 rings (SSSR count). The summed E-state index contributed by atoms with van der Waals surface area (Å²) in [7, 11) is 0. The number of amides is 1. The number of hydrogen-bond donors (Lipinski definition) is 1. The van der Waals surface area contributed by atoms with Crippen LogP contribution < -0.4 is 5.73 Å². The Labute approximate surface area is 89.0 Å². The summed E-state index contributed by atoms with van der Waals surface area (Å²) in [5, 5.41) is 1.05. The Bertz CT molecular complexity index is 256. The van der Waals surface area contributed by atoms with Crippen LogP contribution >= 0.6 is 12.4 Å². The van der Waals surface area contributed by atoms with Crippen LogP contribution in [0, 0.1) is 0 Å². The van der Waals surface area contributed by atoms with Gasteiger partial charge in [0.1, 0.15) is 6.61 Å². The first kappa shape index (κ1) is 12.9. The molecule has 0 heterocycles. The molecule has 0 aliphatic rings. The standard InChI is InChI=1S/C9H12N2O2.ClH/c10-7-11(8-12)13-6-9-4-2-1-3-5-9;/h1-5,8H,6-7,10H2;1H. The highest BCUT2D eigenvalue weighted by Gasteiger charge is 1.98. The highest BCUT2D eigenvalue weighted by molar-refractivity contribution is 5.85. The maximum absolute atomic E-state index is 10.3. The minimum Gasteiger partial charge on any atom is -0.312 e. The lowest BCUT2D eigenvalue weighted by Crippen LogP contribution is -2.28. The third-order valence-electron chi connectivity index (χ3n) is 1.54. The number of hydroxylamine groups is 2. The zero-order chi connectivity index (χ0) is 9.52. The van der Waals surface area contributed by atoms with Crippen molar-refractivity contribution in [2.75, 3.05) is 6.67 Å². The van der Waals surface area contributed by atoms with Crippen molar-refractivity contribution in [3.63, 3.8) is 0 Å². The lowest BCUT2D eigenvalue weighted by Gasteiger charge is -2.13. The van der Waals surface area contributed by atoms with E-state index in [-0.39, 0.29) is 19.1 Å². The normalized spacial score (nSPS) is 8.93. The molecule has 4 nitrogen and oxygen atoms in total. The number of halogens is 1. The summed E-state index contributed by atoms with van der Waals surface area (Å²) in [6, 6.07) is 9.57. The van der Waals surface area contributed by atoms with Crippen molar-refractivity contribution in [3.8, 4) is 0 Å². The Morgan fingerprint density at radius 1 is 1.36 bits per heavy atom. The summed E-state index contributed by atoms with van der Waals surface area (Å²) in [6.45, 7) is 0.424. The molecule has 0 unspecified atom stereocenters. The van der Waals surface area contributed by atoms with Gasteiger partial charge in [-0.2, -0.15) is 0 Å². The van der Waals surface area contributed by atoms with Gasteiger partial charge in [-0.15, -0.1) is 12.4 Å². The number of rotatable bonds is 5. The van der Waals surface area contributed by atoms with Gasteiger partial charge in [0.15, 0.2) is 0 Å². The van der Waals surface area contributed by atoms with Gasteiger partial charge < -0.3 is 5.73 Å². The van der Waals surface area contributed by atoms with Crippen LogP contribution in [0.5, 0.6) is 0 Å². The van der Waals surface area contributed by atoms with Crippen molar-refractivity contribution >= 4 is 18.8 Å². The smallest absolute Gasteiger partial charge is 0.234 e. The average Bonchev–Trinajstić information content (AvgIpc) is 2.21. The molecule has 0 aromatic heterocycles. The predicted octanol–water partition coefficient (Wildman–Crippen LogP) is 0.915. The molecule has 78 valence electrons. The Kier molecular flexibility index (Phi) is 6.74. The van der Waals surface area contributed by atoms with Gasteiger partial charge in [0, 0.05) is 0 Å². The van der Waals surface area contributed by atoms with E-state index in [2.05, 4.69) is 0 Å². The molecule has 1 amide bonds. The van der Waals surface area contributed by atoms with E-state index >= 15 is 0 Å². The fourth-order valence-electron chi connectivity index (χ4n) is 0.858. The maximum Gasteiger partial charge on any atom is 0.234 e. The fourth-order valence-corrected chi connectivity index (χ4v) is 0.858. The van der Waals surface area contributed by atoms with Crippen molar-refractivity contribution in [1.29, 1.82) is 0 Å². The minimum absolute atomic E-state index is 0. The van der Waals surface area contributed by atoms with E-state index in [1.54, 1.807) is 0 Å². The van der Waals surface area contributed by atoms with Crippen LogP contribution in [0.15, 0.2) is 30.3 Å². The molecule has 0 atom stereocenters. The Morgan fingerprint density at radius 2 is 2.00 bits per heavy atom. The van der Waals surface area contributed by atoms with E-state index in [1.807, 2.05) is 30.3 Å². The van der Waals surface area contributed by atoms with Crippen LogP contribution in [-0.2, 0) is 16.2 Å². The van der Waals surface area contributed by atoms with E-state index < -0.39 is 0 Å². The SMILES string of the molecule is Cl.NCN(C=O)OCc1ccccc1. The molecule has 0 bridgehead atoms. The minimum atomic E-state index is 0. The lowest BCUT2D eigenvalue weighted by atomic mass is 10.2. The third kappa shape index (κ3) is 4.23. The summed E-state index contributed by atoms with van der Waals surface area (Å²) < 4.78 is 0. The highest BCUT2D eigenvalue weighted by Crippen LogP contribution is 2.00. The van der Waals surface area contributed by atoms with Crippen LogP contribution in [0.1, 0.15) is 5.56 Å². The molecule has 0 saturated carbocycles. The molecule has 14 heavy (non-hydrogen) atoms. The lowest BCUT2D eigenvalue weighted by molar-refractivity contribution is -0.176. The first-order valence-electron chi connectivity index (χ1n) is 3.95. The van der Waals surface area contributed by atoms with E-state index in [1.165, 1.54) is 0 Å². The van der Waals surface area contributed by atoms with Crippen molar-refractivity contribution in [2.45, 2.75) is 6.61 Å². The quantitative estimate of drug-likeness (QED) is 0.452. The fraction of sp³-hybridized carbons (Fsp3) is 0.222. The molecule has 1 aromatic carbocycles. The summed E-state index contributed by atoms with van der Waals surface area (Å²) in [5.41, 5.74) is 6.22. The number of carbonyl (C=O) groups is 1. The number of nitrogens with two attached hydrogens (primary N) is 1. The molecule has 1 aromatic rings.